The molecule has 7 nitrogen and oxygen atoms in total. The topological polar surface area (TPSA) is 79.6 Å². The zero-order chi connectivity index (χ0) is 21.1. The highest BCUT2D eigenvalue weighted by Gasteiger charge is 2.26. The fourth-order valence-electron chi connectivity index (χ4n) is 3.34. The first-order valence-electron chi connectivity index (χ1n) is 9.85. The second-order valence-corrected chi connectivity index (χ2v) is 7.41. The number of nitrogens with zero attached hydrogens (tertiary/aromatic N) is 4. The number of hydrazone groups is 1. The largest absolute Gasteiger partial charge is 0.318 e. The van der Waals surface area contributed by atoms with Crippen molar-refractivity contribution in [1.82, 2.24) is 9.78 Å². The summed E-state index contributed by atoms with van der Waals surface area (Å²) in [6.07, 6.45) is 3.94. The standard InChI is InChI=1S/C23H23N5O2/c1-16-8-9-17(2)21(12-16)28-22(29)11-10-20(26-28)23(30)25-19-13-24-27(15-19)14-18-6-4-3-5-7-18/h3-9,12-13,15H,10-11,14H2,1-2H3,(H,25,30). The summed E-state index contributed by atoms with van der Waals surface area (Å²) in [7, 11) is 0. The third-order valence-corrected chi connectivity index (χ3v) is 4.97. The van der Waals surface area contributed by atoms with Crippen molar-refractivity contribution < 1.29 is 9.59 Å². The molecule has 7 heteroatoms. The molecule has 1 aromatic heterocycles. The van der Waals surface area contributed by atoms with Crippen molar-refractivity contribution in [3.8, 4) is 0 Å². The van der Waals surface area contributed by atoms with E-state index in [1.807, 2.05) is 62.4 Å². The molecule has 0 saturated heterocycles. The second kappa shape index (κ2) is 8.32. The number of carbonyl (C=O) groups excluding carboxylic acids is 2. The summed E-state index contributed by atoms with van der Waals surface area (Å²) in [4.78, 5) is 25.2. The predicted octanol–water partition coefficient (Wildman–Crippen LogP) is 3.67. The van der Waals surface area contributed by atoms with Gasteiger partial charge in [0, 0.05) is 19.0 Å². The molecule has 4 rings (SSSR count). The number of benzene rings is 2. The molecule has 0 radical (unpaired) electrons. The molecule has 1 aliphatic heterocycles. The van der Waals surface area contributed by atoms with Crippen molar-refractivity contribution >= 4 is 28.9 Å². The van der Waals surface area contributed by atoms with Gasteiger partial charge in [0.2, 0.25) is 5.91 Å². The van der Waals surface area contributed by atoms with E-state index >= 15 is 0 Å². The molecule has 2 aromatic carbocycles. The quantitative estimate of drug-likeness (QED) is 0.708. The van der Waals surface area contributed by atoms with Gasteiger partial charge < -0.3 is 5.32 Å². The van der Waals surface area contributed by atoms with Gasteiger partial charge in [-0.25, -0.2) is 5.01 Å². The summed E-state index contributed by atoms with van der Waals surface area (Å²) in [6, 6.07) is 15.8. The summed E-state index contributed by atoms with van der Waals surface area (Å²) in [5.74, 6) is -0.437. The lowest BCUT2D eigenvalue weighted by molar-refractivity contribution is -0.118. The summed E-state index contributed by atoms with van der Waals surface area (Å²) in [6.45, 7) is 4.50. The number of carbonyl (C=O) groups is 2. The molecule has 1 N–H and O–H groups in total. The van der Waals surface area contributed by atoms with Crippen molar-refractivity contribution in [2.24, 2.45) is 5.10 Å². The van der Waals surface area contributed by atoms with Gasteiger partial charge in [0.1, 0.15) is 5.71 Å². The van der Waals surface area contributed by atoms with Crippen LogP contribution in [0.15, 0.2) is 66.0 Å². The Kier molecular flexibility index (Phi) is 5.43. The average Bonchev–Trinajstić information content (AvgIpc) is 3.17. The SMILES string of the molecule is Cc1ccc(C)c(N2N=C(C(=O)Nc3cnn(Cc4ccccc4)c3)CCC2=O)c1. The minimum atomic E-state index is -0.322. The molecule has 0 saturated carbocycles. The van der Waals surface area contributed by atoms with Gasteiger partial charge in [-0.05, 0) is 36.6 Å². The molecule has 0 spiro atoms. The minimum absolute atomic E-state index is 0.115. The van der Waals surface area contributed by atoms with Crippen molar-refractivity contribution in [3.63, 3.8) is 0 Å². The van der Waals surface area contributed by atoms with E-state index in [2.05, 4.69) is 15.5 Å². The number of aromatic nitrogens is 2. The van der Waals surface area contributed by atoms with Gasteiger partial charge in [-0.15, -0.1) is 0 Å². The van der Waals surface area contributed by atoms with Gasteiger partial charge in [-0.3, -0.25) is 14.3 Å². The van der Waals surface area contributed by atoms with Crippen LogP contribution in [0.3, 0.4) is 0 Å². The second-order valence-electron chi connectivity index (χ2n) is 7.41. The fraction of sp³-hybridized carbons (Fsp3) is 0.217. The highest BCUT2D eigenvalue weighted by atomic mass is 16.2. The van der Waals surface area contributed by atoms with Crippen molar-refractivity contribution in [3.05, 3.63) is 77.6 Å². The van der Waals surface area contributed by atoms with Crippen molar-refractivity contribution in [1.29, 1.82) is 0 Å². The third-order valence-electron chi connectivity index (χ3n) is 4.97. The van der Waals surface area contributed by atoms with Crippen LogP contribution >= 0.6 is 0 Å². The van der Waals surface area contributed by atoms with E-state index < -0.39 is 0 Å². The predicted molar refractivity (Wildman–Crippen MR) is 116 cm³/mol. The van der Waals surface area contributed by atoms with Gasteiger partial charge in [-0.1, -0.05) is 42.5 Å². The Labute approximate surface area is 175 Å². The van der Waals surface area contributed by atoms with Crippen LogP contribution in [0.4, 0.5) is 11.4 Å². The number of hydrogen-bond acceptors (Lipinski definition) is 4. The van der Waals surface area contributed by atoms with Gasteiger partial charge in [-0.2, -0.15) is 10.2 Å². The molecule has 0 fully saturated rings. The van der Waals surface area contributed by atoms with Crippen LogP contribution in [0.5, 0.6) is 0 Å². The van der Waals surface area contributed by atoms with Crippen LogP contribution in [-0.2, 0) is 16.1 Å². The molecule has 2 heterocycles. The third kappa shape index (κ3) is 4.30. The number of anilines is 2. The zero-order valence-electron chi connectivity index (χ0n) is 17.0. The molecule has 0 atom stereocenters. The van der Waals surface area contributed by atoms with Crippen LogP contribution in [0.2, 0.25) is 0 Å². The van der Waals surface area contributed by atoms with Gasteiger partial charge in [0.25, 0.3) is 5.91 Å². The highest BCUT2D eigenvalue weighted by Crippen LogP contribution is 2.25. The molecule has 0 unspecified atom stereocenters. The normalized spacial score (nSPS) is 13.9. The van der Waals surface area contributed by atoms with E-state index in [-0.39, 0.29) is 18.2 Å². The first-order chi connectivity index (χ1) is 14.5. The Hall–Kier alpha value is -3.74. The maximum absolute atomic E-state index is 12.8. The van der Waals surface area contributed by atoms with Gasteiger partial charge in [0.15, 0.2) is 0 Å². The minimum Gasteiger partial charge on any atom is -0.318 e. The number of rotatable bonds is 5. The number of hydrogen-bond donors (Lipinski definition) is 1. The van der Waals surface area contributed by atoms with Crippen molar-refractivity contribution in [2.45, 2.75) is 33.2 Å². The van der Waals surface area contributed by atoms with E-state index in [0.717, 1.165) is 16.7 Å². The maximum Gasteiger partial charge on any atom is 0.271 e. The number of amides is 2. The Morgan fingerprint density at radius 3 is 2.70 bits per heavy atom. The zero-order valence-corrected chi connectivity index (χ0v) is 17.0. The number of nitrogens with one attached hydrogen (secondary N) is 1. The molecular formula is C23H23N5O2. The monoisotopic (exact) mass is 401 g/mol. The van der Waals surface area contributed by atoms with Crippen molar-refractivity contribution in [2.75, 3.05) is 10.3 Å². The van der Waals surface area contributed by atoms with Gasteiger partial charge in [0.05, 0.1) is 24.1 Å². The van der Waals surface area contributed by atoms with Crippen LogP contribution in [-0.4, -0.2) is 27.3 Å². The average molecular weight is 401 g/mol. The molecular weight excluding hydrogens is 378 g/mol. The molecule has 1 aliphatic rings. The molecule has 0 aliphatic carbocycles. The van der Waals surface area contributed by atoms with Crippen LogP contribution in [0.1, 0.15) is 29.5 Å². The fourth-order valence-corrected chi connectivity index (χ4v) is 3.34. The molecule has 2 amide bonds. The van der Waals surface area contributed by atoms with E-state index in [1.165, 1.54) is 5.01 Å². The van der Waals surface area contributed by atoms with E-state index in [1.54, 1.807) is 17.1 Å². The molecule has 0 bridgehead atoms. The Balaban J connectivity index is 1.49. The lowest BCUT2D eigenvalue weighted by atomic mass is 10.1. The molecule has 152 valence electrons. The van der Waals surface area contributed by atoms with Gasteiger partial charge >= 0.3 is 0 Å². The van der Waals surface area contributed by atoms with E-state index in [9.17, 15) is 9.59 Å². The lowest BCUT2D eigenvalue weighted by Gasteiger charge is -2.24. The van der Waals surface area contributed by atoms with E-state index in [0.29, 0.717) is 30.1 Å². The summed E-state index contributed by atoms with van der Waals surface area (Å²) in [5, 5.41) is 12.9. The number of aryl methyl sites for hydroxylation is 2. The van der Waals surface area contributed by atoms with Crippen LogP contribution in [0.25, 0.3) is 0 Å². The molecule has 3 aromatic rings. The lowest BCUT2D eigenvalue weighted by Crippen LogP contribution is -2.36. The highest BCUT2D eigenvalue weighted by molar-refractivity contribution is 6.44. The smallest absolute Gasteiger partial charge is 0.271 e. The van der Waals surface area contributed by atoms with Crippen LogP contribution < -0.4 is 10.3 Å². The van der Waals surface area contributed by atoms with Crippen LogP contribution in [0, 0.1) is 13.8 Å². The first kappa shape index (κ1) is 19.6. The maximum atomic E-state index is 12.8. The summed E-state index contributed by atoms with van der Waals surface area (Å²) in [5.41, 5.74) is 4.71. The van der Waals surface area contributed by atoms with E-state index in [4.69, 9.17) is 0 Å². The Morgan fingerprint density at radius 1 is 1.10 bits per heavy atom. The Morgan fingerprint density at radius 2 is 1.90 bits per heavy atom. The molecule has 30 heavy (non-hydrogen) atoms. The Bertz CT molecular complexity index is 1120. The summed E-state index contributed by atoms with van der Waals surface area (Å²) >= 11 is 0. The summed E-state index contributed by atoms with van der Waals surface area (Å²) < 4.78 is 1.76. The first-order valence-corrected chi connectivity index (χ1v) is 9.85.